The summed E-state index contributed by atoms with van der Waals surface area (Å²) in [6.45, 7) is 3.96. The summed E-state index contributed by atoms with van der Waals surface area (Å²) < 4.78 is 15.1. The van der Waals surface area contributed by atoms with E-state index in [1.807, 2.05) is 38.1 Å². The van der Waals surface area contributed by atoms with Crippen LogP contribution in [0.4, 0.5) is 4.39 Å². The standard InChI is InChI=1S/C26H21ClFN3O2/c1-14-11-15(2)21(20(32)12-14)23-22-24(30-29-23)26(33)31(13-16-7-3-5-9-18(16)27)25(22)17-8-4-6-10-19(17)28/h3-12,25,32H,13H2,1-2H3,(H,29,30). The zero-order chi connectivity index (χ0) is 23.3. The Morgan fingerprint density at radius 3 is 2.58 bits per heavy atom. The molecule has 4 aromatic rings. The van der Waals surface area contributed by atoms with Crippen LogP contribution >= 0.6 is 11.6 Å². The maximum Gasteiger partial charge on any atom is 0.273 e. The zero-order valence-electron chi connectivity index (χ0n) is 18.1. The lowest BCUT2D eigenvalue weighted by atomic mass is 9.93. The van der Waals surface area contributed by atoms with Crippen LogP contribution in [0.5, 0.6) is 5.75 Å². The molecule has 1 aliphatic heterocycles. The molecule has 3 aromatic carbocycles. The number of nitrogens with one attached hydrogen (secondary N) is 1. The van der Waals surface area contributed by atoms with Gasteiger partial charge in [-0.05, 0) is 48.7 Å². The number of rotatable bonds is 4. The summed E-state index contributed by atoms with van der Waals surface area (Å²) >= 11 is 6.38. The summed E-state index contributed by atoms with van der Waals surface area (Å²) in [5.74, 6) is -0.670. The van der Waals surface area contributed by atoms with E-state index in [2.05, 4.69) is 10.2 Å². The van der Waals surface area contributed by atoms with Crippen molar-refractivity contribution in [2.24, 2.45) is 0 Å². The van der Waals surface area contributed by atoms with E-state index in [4.69, 9.17) is 11.6 Å². The van der Waals surface area contributed by atoms with Gasteiger partial charge < -0.3 is 10.0 Å². The van der Waals surface area contributed by atoms with Gasteiger partial charge in [0.25, 0.3) is 5.91 Å². The van der Waals surface area contributed by atoms with Crippen molar-refractivity contribution in [2.75, 3.05) is 0 Å². The average molecular weight is 462 g/mol. The molecule has 33 heavy (non-hydrogen) atoms. The Labute approximate surface area is 195 Å². The molecule has 0 bridgehead atoms. The molecular formula is C26H21ClFN3O2. The highest BCUT2D eigenvalue weighted by molar-refractivity contribution is 6.31. The molecule has 1 atom stereocenters. The molecule has 2 N–H and O–H groups in total. The van der Waals surface area contributed by atoms with Gasteiger partial charge in [-0.1, -0.05) is 54.1 Å². The Balaban J connectivity index is 1.72. The molecule has 0 saturated heterocycles. The zero-order valence-corrected chi connectivity index (χ0v) is 18.8. The SMILES string of the molecule is Cc1cc(C)c(-c2n[nH]c3c2C(c2ccccc2F)N(Cc2ccccc2Cl)C3=O)c(O)c1. The van der Waals surface area contributed by atoms with Gasteiger partial charge >= 0.3 is 0 Å². The molecule has 1 aromatic heterocycles. The first-order chi connectivity index (χ1) is 15.9. The number of hydrogen-bond donors (Lipinski definition) is 2. The van der Waals surface area contributed by atoms with E-state index in [1.54, 1.807) is 35.2 Å². The molecule has 0 radical (unpaired) electrons. The van der Waals surface area contributed by atoms with Gasteiger partial charge in [0.1, 0.15) is 23.0 Å². The van der Waals surface area contributed by atoms with Crippen LogP contribution < -0.4 is 0 Å². The highest BCUT2D eigenvalue weighted by Gasteiger charge is 2.43. The van der Waals surface area contributed by atoms with E-state index in [9.17, 15) is 9.90 Å². The number of aryl methyl sites for hydroxylation is 2. The molecule has 5 nitrogen and oxygen atoms in total. The van der Waals surface area contributed by atoms with Crippen LogP contribution in [0.25, 0.3) is 11.3 Å². The predicted molar refractivity (Wildman–Crippen MR) is 125 cm³/mol. The lowest BCUT2D eigenvalue weighted by molar-refractivity contribution is 0.0728. The Kier molecular flexibility index (Phi) is 5.17. The second-order valence-electron chi connectivity index (χ2n) is 8.29. The second kappa shape index (κ2) is 8.05. The van der Waals surface area contributed by atoms with Gasteiger partial charge in [0, 0.05) is 28.3 Å². The monoisotopic (exact) mass is 461 g/mol. The first-order valence-corrected chi connectivity index (χ1v) is 10.9. The Bertz CT molecular complexity index is 1380. The molecule has 5 rings (SSSR count). The second-order valence-corrected chi connectivity index (χ2v) is 8.69. The number of phenols is 1. The number of benzene rings is 3. The third-order valence-corrected chi connectivity index (χ3v) is 6.43. The normalized spacial score (nSPS) is 15.2. The smallest absolute Gasteiger partial charge is 0.273 e. The quantitative estimate of drug-likeness (QED) is 0.395. The molecule has 0 fully saturated rings. The van der Waals surface area contributed by atoms with Gasteiger partial charge in [0.15, 0.2) is 0 Å². The van der Waals surface area contributed by atoms with Crippen LogP contribution in [-0.4, -0.2) is 26.1 Å². The number of phenolic OH excluding ortho intramolecular Hbond substituents is 1. The number of H-pyrrole nitrogens is 1. The average Bonchev–Trinajstić information content (AvgIpc) is 3.29. The molecule has 2 heterocycles. The number of hydrogen-bond acceptors (Lipinski definition) is 3. The van der Waals surface area contributed by atoms with Crippen molar-refractivity contribution >= 4 is 17.5 Å². The minimum Gasteiger partial charge on any atom is -0.507 e. The topological polar surface area (TPSA) is 69.2 Å². The molecule has 1 aliphatic rings. The minimum absolute atomic E-state index is 0.0612. The van der Waals surface area contributed by atoms with Crippen molar-refractivity contribution in [3.05, 3.63) is 105 Å². The number of aromatic nitrogens is 2. The van der Waals surface area contributed by atoms with Crippen molar-refractivity contribution in [3.63, 3.8) is 0 Å². The maximum atomic E-state index is 15.1. The van der Waals surface area contributed by atoms with E-state index in [0.29, 0.717) is 27.4 Å². The van der Waals surface area contributed by atoms with Crippen LogP contribution in [0.15, 0.2) is 60.7 Å². The van der Waals surface area contributed by atoms with Gasteiger partial charge in [-0.25, -0.2) is 4.39 Å². The first-order valence-electron chi connectivity index (χ1n) is 10.5. The van der Waals surface area contributed by atoms with Crippen LogP contribution in [0.3, 0.4) is 0 Å². The molecule has 0 aliphatic carbocycles. The fourth-order valence-electron chi connectivity index (χ4n) is 4.63. The fraction of sp³-hybridized carbons (Fsp3) is 0.154. The van der Waals surface area contributed by atoms with E-state index in [0.717, 1.165) is 16.7 Å². The number of halogens is 2. The third-order valence-electron chi connectivity index (χ3n) is 6.06. The van der Waals surface area contributed by atoms with Crippen molar-refractivity contribution in [1.82, 2.24) is 15.1 Å². The summed E-state index contributed by atoms with van der Waals surface area (Å²) in [5.41, 5.74) is 4.60. The van der Waals surface area contributed by atoms with Crippen LogP contribution in [-0.2, 0) is 6.54 Å². The van der Waals surface area contributed by atoms with E-state index in [1.165, 1.54) is 6.07 Å². The fourth-order valence-corrected chi connectivity index (χ4v) is 4.83. The summed E-state index contributed by atoms with van der Waals surface area (Å²) in [4.78, 5) is 15.1. The molecule has 7 heteroatoms. The van der Waals surface area contributed by atoms with Crippen molar-refractivity contribution in [3.8, 4) is 17.0 Å². The van der Waals surface area contributed by atoms with Gasteiger partial charge in [0.2, 0.25) is 0 Å². The maximum absolute atomic E-state index is 15.1. The van der Waals surface area contributed by atoms with Gasteiger partial charge in [0.05, 0.1) is 6.04 Å². The third kappa shape index (κ3) is 3.47. The van der Waals surface area contributed by atoms with E-state index >= 15 is 4.39 Å². The summed E-state index contributed by atoms with van der Waals surface area (Å²) in [6, 6.07) is 16.5. The molecule has 0 saturated carbocycles. The largest absolute Gasteiger partial charge is 0.507 e. The lowest BCUT2D eigenvalue weighted by Gasteiger charge is -2.27. The van der Waals surface area contributed by atoms with Crippen molar-refractivity contribution in [1.29, 1.82) is 0 Å². The number of carbonyl (C=O) groups excluding carboxylic acids is 1. The molecule has 1 amide bonds. The molecule has 1 unspecified atom stereocenters. The highest BCUT2D eigenvalue weighted by Crippen LogP contribution is 2.46. The predicted octanol–water partition coefficient (Wildman–Crippen LogP) is 5.94. The number of carbonyl (C=O) groups is 1. The number of fused-ring (bicyclic) bond motifs is 1. The van der Waals surface area contributed by atoms with Gasteiger partial charge in [-0.3, -0.25) is 9.89 Å². The number of nitrogens with zero attached hydrogens (tertiary/aromatic N) is 2. The van der Waals surface area contributed by atoms with Crippen molar-refractivity contribution < 1.29 is 14.3 Å². The first kappa shape index (κ1) is 21.2. The summed E-state index contributed by atoms with van der Waals surface area (Å²) in [7, 11) is 0. The van der Waals surface area contributed by atoms with E-state index in [-0.39, 0.29) is 23.9 Å². The van der Waals surface area contributed by atoms with E-state index < -0.39 is 11.9 Å². The Morgan fingerprint density at radius 2 is 1.85 bits per heavy atom. The number of aromatic amines is 1. The lowest BCUT2D eigenvalue weighted by Crippen LogP contribution is -2.29. The van der Waals surface area contributed by atoms with Gasteiger partial charge in [-0.2, -0.15) is 5.10 Å². The van der Waals surface area contributed by atoms with Crippen LogP contribution in [0.1, 0.15) is 44.3 Å². The number of amides is 1. The Morgan fingerprint density at radius 1 is 1.12 bits per heavy atom. The summed E-state index contributed by atoms with van der Waals surface area (Å²) in [5, 5.41) is 18.5. The van der Waals surface area contributed by atoms with Gasteiger partial charge in [-0.15, -0.1) is 0 Å². The molecule has 166 valence electrons. The Hall–Kier alpha value is -3.64. The van der Waals surface area contributed by atoms with Crippen LogP contribution in [0.2, 0.25) is 5.02 Å². The number of aromatic hydroxyl groups is 1. The summed E-state index contributed by atoms with van der Waals surface area (Å²) in [6.07, 6.45) is 0. The molecule has 0 spiro atoms. The highest BCUT2D eigenvalue weighted by atomic mass is 35.5. The molecular weight excluding hydrogens is 441 g/mol. The van der Waals surface area contributed by atoms with Crippen molar-refractivity contribution in [2.45, 2.75) is 26.4 Å². The minimum atomic E-state index is -0.737. The van der Waals surface area contributed by atoms with Crippen LogP contribution in [0, 0.1) is 19.7 Å².